The Morgan fingerprint density at radius 3 is 1.08 bits per heavy atom. The van der Waals surface area contributed by atoms with Crippen LogP contribution in [0, 0.1) is 20.8 Å². The Balaban J connectivity index is 1.77. The van der Waals surface area contributed by atoms with Gasteiger partial charge < -0.3 is 41.7 Å². The van der Waals surface area contributed by atoms with Gasteiger partial charge in [-0.15, -0.1) is 0 Å². The smallest absolute Gasteiger partial charge is 0.242 e. The molecule has 0 saturated carbocycles. The lowest BCUT2D eigenvalue weighted by atomic mass is 10.1. The number of nitrogens with two attached hydrogens (primary N) is 3. The van der Waals surface area contributed by atoms with Gasteiger partial charge >= 0.3 is 0 Å². The van der Waals surface area contributed by atoms with Crippen LogP contribution in [0.5, 0.6) is 0 Å². The van der Waals surface area contributed by atoms with Crippen LogP contribution in [0.4, 0.5) is 0 Å². The van der Waals surface area contributed by atoms with Crippen molar-refractivity contribution in [2.24, 2.45) is 17.2 Å². The summed E-state index contributed by atoms with van der Waals surface area (Å²) in [5, 5.41) is 0. The Morgan fingerprint density at radius 1 is 0.390 bits per heavy atom. The third-order valence-electron chi connectivity index (χ3n) is 10.5. The summed E-state index contributed by atoms with van der Waals surface area (Å²) in [5.41, 5.74) is 23.5. The van der Waals surface area contributed by atoms with Crippen molar-refractivity contribution in [3.63, 3.8) is 0 Å². The summed E-state index contributed by atoms with van der Waals surface area (Å²) in [5.74, 6) is -1.77. The topological polar surface area (TPSA) is 183 Å². The van der Waals surface area contributed by atoms with Crippen molar-refractivity contribution in [2.45, 2.75) is 59.7 Å². The Kier molecular flexibility index (Phi) is 19.0. The first-order valence-electron chi connectivity index (χ1n) is 20.8. The molecule has 3 aromatic carbocycles. The molecule has 0 atom stereocenters. The zero-order valence-corrected chi connectivity index (χ0v) is 35.3. The molecule has 4 rings (SSSR count). The minimum Gasteiger partial charge on any atom is -0.336 e. The lowest BCUT2D eigenvalue weighted by molar-refractivity contribution is -0.148. The normalized spacial score (nSPS) is 16.2. The van der Waals surface area contributed by atoms with Crippen LogP contribution in [0.2, 0.25) is 0 Å². The summed E-state index contributed by atoms with van der Waals surface area (Å²) in [7, 11) is 0. The summed E-state index contributed by atoms with van der Waals surface area (Å²) >= 11 is 0. The Bertz CT molecular complexity index is 1800. The molecule has 3 aromatic rings. The Morgan fingerprint density at radius 2 is 0.695 bits per heavy atom. The highest BCUT2D eigenvalue weighted by atomic mass is 16.2. The first-order valence-corrected chi connectivity index (χ1v) is 20.8. The summed E-state index contributed by atoms with van der Waals surface area (Å²) in [6.45, 7) is 7.94. The Hall–Kier alpha value is -5.15. The van der Waals surface area contributed by atoms with Gasteiger partial charge in [0, 0.05) is 45.8 Å². The average Bonchev–Trinajstić information content (AvgIpc) is 3.22. The Labute approximate surface area is 350 Å². The molecule has 6 N–H and O–H groups in total. The van der Waals surface area contributed by atoms with E-state index >= 15 is 0 Å². The molecule has 59 heavy (non-hydrogen) atoms. The monoisotopic (exact) mass is 812 g/mol. The van der Waals surface area contributed by atoms with E-state index in [1.54, 1.807) is 4.90 Å². The molecule has 0 bridgehead atoms. The largest absolute Gasteiger partial charge is 0.336 e. The molecule has 1 aliphatic heterocycles. The quantitative estimate of drug-likeness (QED) is 0.207. The van der Waals surface area contributed by atoms with E-state index in [9.17, 15) is 24.0 Å². The number of carbonyl (C=O) groups is 5. The maximum Gasteiger partial charge on any atom is 0.242 e. The van der Waals surface area contributed by atoms with Crippen molar-refractivity contribution >= 4 is 29.5 Å². The zero-order valence-electron chi connectivity index (χ0n) is 35.3. The molecular weight excluding hydrogens is 747 g/mol. The fraction of sp³-hybridized carbons (Fsp3) is 0.489. The van der Waals surface area contributed by atoms with Crippen LogP contribution in [-0.4, -0.2) is 144 Å². The van der Waals surface area contributed by atoms with Gasteiger partial charge in [0.1, 0.15) is 13.1 Å². The fourth-order valence-corrected chi connectivity index (χ4v) is 6.84. The summed E-state index contributed by atoms with van der Waals surface area (Å²) in [6.07, 6.45) is 1.51. The van der Waals surface area contributed by atoms with Crippen molar-refractivity contribution in [2.75, 3.05) is 85.1 Å². The van der Waals surface area contributed by atoms with Crippen LogP contribution in [-0.2, 0) is 43.6 Å². The lowest BCUT2D eigenvalue weighted by Gasteiger charge is -2.34. The molecule has 1 saturated heterocycles. The van der Waals surface area contributed by atoms with Crippen LogP contribution in [0.1, 0.15) is 52.6 Å². The molecule has 0 unspecified atom stereocenters. The third kappa shape index (κ3) is 15.5. The van der Waals surface area contributed by atoms with Gasteiger partial charge in [0.05, 0.1) is 19.6 Å². The molecule has 14 nitrogen and oxygen atoms in total. The van der Waals surface area contributed by atoms with Crippen molar-refractivity contribution in [1.29, 1.82) is 0 Å². The molecule has 0 spiro atoms. The third-order valence-corrected chi connectivity index (χ3v) is 10.5. The summed E-state index contributed by atoms with van der Waals surface area (Å²) < 4.78 is 0. The molecule has 0 aromatic heterocycles. The number of rotatable bonds is 15. The molecule has 320 valence electrons. The molecular formula is C45H65N9O5. The second-order valence-electron chi connectivity index (χ2n) is 15.6. The highest BCUT2D eigenvalue weighted by molar-refractivity contribution is 5.91. The molecule has 0 radical (unpaired) electrons. The van der Waals surface area contributed by atoms with E-state index in [4.69, 9.17) is 17.2 Å². The SMILES string of the molecule is Cc1ccc(CN2CCN(CCCN)CC(=O)N(Cc3ccc(C)cc3)CC(=O)N(CCCN)CC(=O)N(Cc3ccc(C)cc3)CC(=O)N(CCCN)CC2=O)cc1. The molecule has 1 heterocycles. The number of hydrogen-bond acceptors (Lipinski definition) is 9. The van der Waals surface area contributed by atoms with Crippen LogP contribution >= 0.6 is 0 Å². The molecule has 14 heteroatoms. The van der Waals surface area contributed by atoms with Gasteiger partial charge in [-0.2, -0.15) is 0 Å². The van der Waals surface area contributed by atoms with Crippen molar-refractivity contribution in [3.05, 3.63) is 106 Å². The molecule has 5 amide bonds. The van der Waals surface area contributed by atoms with Gasteiger partial charge in [0.25, 0.3) is 0 Å². The first kappa shape index (κ1) is 46.5. The van der Waals surface area contributed by atoms with E-state index in [0.717, 1.165) is 33.4 Å². The zero-order chi connectivity index (χ0) is 42.7. The predicted molar refractivity (Wildman–Crippen MR) is 230 cm³/mol. The predicted octanol–water partition coefficient (Wildman–Crippen LogP) is 2.02. The summed E-state index contributed by atoms with van der Waals surface area (Å²) in [4.78, 5) is 81.2. The van der Waals surface area contributed by atoms with E-state index in [1.165, 1.54) is 19.6 Å². The first-order chi connectivity index (χ1) is 28.4. The van der Waals surface area contributed by atoms with Crippen LogP contribution in [0.25, 0.3) is 0 Å². The van der Waals surface area contributed by atoms with Crippen LogP contribution in [0.3, 0.4) is 0 Å². The van der Waals surface area contributed by atoms with Gasteiger partial charge in [-0.3, -0.25) is 28.9 Å². The van der Waals surface area contributed by atoms with E-state index in [1.807, 2.05) is 98.5 Å². The van der Waals surface area contributed by atoms with Crippen molar-refractivity contribution in [1.82, 2.24) is 29.4 Å². The van der Waals surface area contributed by atoms with Crippen LogP contribution < -0.4 is 17.2 Å². The number of carbonyl (C=O) groups excluding carboxylic acids is 5. The van der Waals surface area contributed by atoms with Crippen molar-refractivity contribution in [3.8, 4) is 0 Å². The van der Waals surface area contributed by atoms with E-state index < -0.39 is 17.7 Å². The summed E-state index contributed by atoms with van der Waals surface area (Å²) in [6, 6.07) is 23.4. The standard InChI is InChI=1S/C45H65N9O5/c1-35-7-13-38(14-8-35)27-52-26-25-49(22-4-19-46)30-41(55)53(28-39-15-9-36(2)10-16-39)33-43(57)51(24-6-21-48)32-45(59)54(29-40-17-11-37(3)12-18-40)34-44(58)50(23-5-20-47)31-42(52)56/h7-18H,4-6,19-34,46-48H2,1-3H3. The number of amides is 5. The average molecular weight is 812 g/mol. The number of nitrogens with zero attached hydrogens (tertiary/aromatic N) is 6. The number of aryl methyl sites for hydroxylation is 3. The molecule has 1 fully saturated rings. The van der Waals surface area contributed by atoms with Gasteiger partial charge in [-0.25, -0.2) is 0 Å². The maximum atomic E-state index is 14.4. The fourth-order valence-electron chi connectivity index (χ4n) is 6.84. The number of benzene rings is 3. The van der Waals surface area contributed by atoms with Gasteiger partial charge in [-0.05, 0) is 82.9 Å². The van der Waals surface area contributed by atoms with Gasteiger partial charge in [0.2, 0.25) is 29.5 Å². The van der Waals surface area contributed by atoms with Gasteiger partial charge in [-0.1, -0.05) is 89.5 Å². The van der Waals surface area contributed by atoms with E-state index in [-0.39, 0.29) is 83.8 Å². The highest BCUT2D eigenvalue weighted by Gasteiger charge is 2.30. The second kappa shape index (κ2) is 24.1. The highest BCUT2D eigenvalue weighted by Crippen LogP contribution is 2.14. The number of hydrogen-bond donors (Lipinski definition) is 3. The molecule has 0 aliphatic carbocycles. The van der Waals surface area contributed by atoms with Gasteiger partial charge in [0.15, 0.2) is 0 Å². The molecule has 1 aliphatic rings. The maximum absolute atomic E-state index is 14.4. The lowest BCUT2D eigenvalue weighted by Crippen LogP contribution is -2.52. The second-order valence-corrected chi connectivity index (χ2v) is 15.6. The van der Waals surface area contributed by atoms with Crippen LogP contribution in [0.15, 0.2) is 72.8 Å². The minimum atomic E-state index is -0.444. The minimum absolute atomic E-state index is 0.0150. The van der Waals surface area contributed by atoms with Crippen molar-refractivity contribution < 1.29 is 24.0 Å². The van der Waals surface area contributed by atoms with E-state index in [2.05, 4.69) is 0 Å². The van der Waals surface area contributed by atoms with E-state index in [0.29, 0.717) is 52.0 Å².